The van der Waals surface area contributed by atoms with Crippen molar-refractivity contribution in [2.75, 3.05) is 18.4 Å². The van der Waals surface area contributed by atoms with Crippen LogP contribution in [-0.4, -0.2) is 45.0 Å². The Balaban J connectivity index is 1.48. The molecule has 0 spiro atoms. The summed E-state index contributed by atoms with van der Waals surface area (Å²) in [5.41, 5.74) is 1.89. The second-order valence-electron chi connectivity index (χ2n) is 6.82. The topological polar surface area (TPSA) is 53.9 Å². The molecule has 1 saturated carbocycles. The molecule has 2 aliphatic rings. The SMILES string of the molecule is CCc1cc(NC2CCN(C3CC3)CC2)nc(-c2ccccn2)n1. The molecule has 1 N–H and O–H groups in total. The maximum absolute atomic E-state index is 4.71. The Morgan fingerprint density at radius 2 is 1.96 bits per heavy atom. The Bertz CT molecular complexity index is 675. The Labute approximate surface area is 143 Å². The summed E-state index contributed by atoms with van der Waals surface area (Å²) in [7, 11) is 0. The van der Waals surface area contributed by atoms with Gasteiger partial charge in [-0.15, -0.1) is 0 Å². The Morgan fingerprint density at radius 1 is 1.12 bits per heavy atom. The number of rotatable bonds is 5. The zero-order chi connectivity index (χ0) is 16.4. The Hall–Kier alpha value is -2.01. The summed E-state index contributed by atoms with van der Waals surface area (Å²) in [4.78, 5) is 16.4. The minimum Gasteiger partial charge on any atom is -0.367 e. The summed E-state index contributed by atoms with van der Waals surface area (Å²) >= 11 is 0. The average molecular weight is 323 g/mol. The van der Waals surface area contributed by atoms with Crippen LogP contribution in [0.3, 0.4) is 0 Å². The van der Waals surface area contributed by atoms with Gasteiger partial charge in [0, 0.05) is 43.1 Å². The number of hydrogen-bond acceptors (Lipinski definition) is 5. The number of likely N-dealkylation sites (tertiary alicyclic amines) is 1. The van der Waals surface area contributed by atoms with Crippen molar-refractivity contribution in [3.05, 3.63) is 36.2 Å². The maximum Gasteiger partial charge on any atom is 0.180 e. The van der Waals surface area contributed by atoms with Gasteiger partial charge < -0.3 is 10.2 Å². The normalized spacial score (nSPS) is 19.4. The molecule has 2 aromatic rings. The predicted molar refractivity (Wildman–Crippen MR) is 95.9 cm³/mol. The number of aromatic nitrogens is 3. The summed E-state index contributed by atoms with van der Waals surface area (Å²) in [6.07, 6.45) is 7.88. The summed E-state index contributed by atoms with van der Waals surface area (Å²) in [5, 5.41) is 3.64. The second kappa shape index (κ2) is 6.85. The van der Waals surface area contributed by atoms with E-state index >= 15 is 0 Å². The van der Waals surface area contributed by atoms with Crippen LogP contribution in [-0.2, 0) is 6.42 Å². The van der Waals surface area contributed by atoms with E-state index < -0.39 is 0 Å². The van der Waals surface area contributed by atoms with E-state index in [4.69, 9.17) is 4.98 Å². The largest absolute Gasteiger partial charge is 0.367 e. The zero-order valence-corrected chi connectivity index (χ0v) is 14.3. The van der Waals surface area contributed by atoms with Crippen molar-refractivity contribution in [3.8, 4) is 11.5 Å². The van der Waals surface area contributed by atoms with Gasteiger partial charge in [-0.05, 0) is 44.2 Å². The fourth-order valence-corrected chi connectivity index (χ4v) is 3.42. The first-order valence-electron chi connectivity index (χ1n) is 9.12. The van der Waals surface area contributed by atoms with Crippen molar-refractivity contribution in [1.29, 1.82) is 0 Å². The first-order valence-corrected chi connectivity index (χ1v) is 9.12. The van der Waals surface area contributed by atoms with E-state index in [0.717, 1.165) is 29.7 Å². The van der Waals surface area contributed by atoms with Crippen LogP contribution < -0.4 is 5.32 Å². The summed E-state index contributed by atoms with van der Waals surface area (Å²) < 4.78 is 0. The van der Waals surface area contributed by atoms with Crippen molar-refractivity contribution >= 4 is 5.82 Å². The molecule has 4 rings (SSSR count). The molecule has 0 aromatic carbocycles. The fraction of sp³-hybridized carbons (Fsp3) is 0.526. The minimum absolute atomic E-state index is 0.510. The van der Waals surface area contributed by atoms with Crippen molar-refractivity contribution in [2.45, 2.75) is 51.1 Å². The first-order chi connectivity index (χ1) is 11.8. The Kier molecular flexibility index (Phi) is 4.43. The van der Waals surface area contributed by atoms with E-state index in [1.807, 2.05) is 18.2 Å². The van der Waals surface area contributed by atoms with Gasteiger partial charge in [-0.3, -0.25) is 4.98 Å². The van der Waals surface area contributed by atoms with E-state index in [1.54, 1.807) is 6.20 Å². The van der Waals surface area contributed by atoms with Gasteiger partial charge in [0.25, 0.3) is 0 Å². The van der Waals surface area contributed by atoms with Crippen LogP contribution in [0.5, 0.6) is 0 Å². The van der Waals surface area contributed by atoms with Crippen LogP contribution in [0.25, 0.3) is 11.5 Å². The van der Waals surface area contributed by atoms with E-state index in [-0.39, 0.29) is 0 Å². The second-order valence-corrected chi connectivity index (χ2v) is 6.82. The lowest BCUT2D eigenvalue weighted by Crippen LogP contribution is -2.40. The molecule has 0 amide bonds. The van der Waals surface area contributed by atoms with Crippen molar-refractivity contribution in [3.63, 3.8) is 0 Å². The van der Waals surface area contributed by atoms with Gasteiger partial charge in [0.05, 0.1) is 0 Å². The van der Waals surface area contributed by atoms with Gasteiger partial charge in [-0.2, -0.15) is 0 Å². The van der Waals surface area contributed by atoms with Crippen molar-refractivity contribution in [2.24, 2.45) is 0 Å². The monoisotopic (exact) mass is 323 g/mol. The molecule has 0 atom stereocenters. The highest BCUT2D eigenvalue weighted by Crippen LogP contribution is 2.30. The zero-order valence-electron chi connectivity index (χ0n) is 14.3. The molecule has 1 aliphatic carbocycles. The molecule has 1 aliphatic heterocycles. The predicted octanol–water partition coefficient (Wildman–Crippen LogP) is 3.14. The van der Waals surface area contributed by atoms with Crippen LogP contribution in [0.4, 0.5) is 5.82 Å². The fourth-order valence-electron chi connectivity index (χ4n) is 3.42. The molecule has 24 heavy (non-hydrogen) atoms. The molecule has 5 nitrogen and oxygen atoms in total. The summed E-state index contributed by atoms with van der Waals surface area (Å²) in [6.45, 7) is 4.55. The minimum atomic E-state index is 0.510. The Morgan fingerprint density at radius 3 is 2.62 bits per heavy atom. The van der Waals surface area contributed by atoms with E-state index in [0.29, 0.717) is 11.9 Å². The number of anilines is 1. The highest BCUT2D eigenvalue weighted by atomic mass is 15.2. The third-order valence-electron chi connectivity index (χ3n) is 4.98. The molecular formula is C19H25N5. The molecule has 126 valence electrons. The van der Waals surface area contributed by atoms with Gasteiger partial charge >= 0.3 is 0 Å². The molecular weight excluding hydrogens is 298 g/mol. The van der Waals surface area contributed by atoms with E-state index in [9.17, 15) is 0 Å². The number of hydrogen-bond donors (Lipinski definition) is 1. The number of piperidine rings is 1. The van der Waals surface area contributed by atoms with Gasteiger partial charge in [0.1, 0.15) is 11.5 Å². The smallest absolute Gasteiger partial charge is 0.180 e. The highest BCUT2D eigenvalue weighted by Gasteiger charge is 2.31. The molecule has 1 saturated heterocycles. The van der Waals surface area contributed by atoms with Gasteiger partial charge in [0.2, 0.25) is 0 Å². The van der Waals surface area contributed by atoms with Crippen LogP contribution in [0.1, 0.15) is 38.3 Å². The molecule has 3 heterocycles. The van der Waals surface area contributed by atoms with Crippen LogP contribution in [0, 0.1) is 0 Å². The maximum atomic E-state index is 4.71. The third kappa shape index (κ3) is 3.56. The third-order valence-corrected chi connectivity index (χ3v) is 4.98. The van der Waals surface area contributed by atoms with Crippen molar-refractivity contribution < 1.29 is 0 Å². The van der Waals surface area contributed by atoms with Crippen molar-refractivity contribution in [1.82, 2.24) is 19.9 Å². The first kappa shape index (κ1) is 15.5. The lowest BCUT2D eigenvalue weighted by atomic mass is 10.0. The molecule has 2 fully saturated rings. The number of pyridine rings is 1. The highest BCUT2D eigenvalue weighted by molar-refractivity contribution is 5.53. The van der Waals surface area contributed by atoms with E-state index in [2.05, 4.69) is 33.2 Å². The van der Waals surface area contributed by atoms with Gasteiger partial charge in [-0.25, -0.2) is 9.97 Å². The summed E-state index contributed by atoms with van der Waals surface area (Å²) in [5.74, 6) is 1.65. The molecule has 0 bridgehead atoms. The number of nitrogens with zero attached hydrogens (tertiary/aromatic N) is 4. The molecule has 2 aromatic heterocycles. The molecule has 0 radical (unpaired) electrons. The van der Waals surface area contributed by atoms with Crippen LogP contribution in [0.15, 0.2) is 30.5 Å². The van der Waals surface area contributed by atoms with Gasteiger partial charge in [0.15, 0.2) is 5.82 Å². The molecule has 0 unspecified atom stereocenters. The lowest BCUT2D eigenvalue weighted by Gasteiger charge is -2.32. The van der Waals surface area contributed by atoms with Gasteiger partial charge in [-0.1, -0.05) is 13.0 Å². The lowest BCUT2D eigenvalue weighted by molar-refractivity contribution is 0.210. The quantitative estimate of drug-likeness (QED) is 0.916. The van der Waals surface area contributed by atoms with Crippen LogP contribution in [0.2, 0.25) is 0 Å². The van der Waals surface area contributed by atoms with Crippen LogP contribution >= 0.6 is 0 Å². The standard InChI is InChI=1S/C19H25N5/c1-2-14-13-18(23-19(22-14)17-5-3-4-10-20-17)21-15-8-11-24(12-9-15)16-6-7-16/h3-5,10,13,15-16H,2,6-9,11-12H2,1H3,(H,21,22,23). The summed E-state index contributed by atoms with van der Waals surface area (Å²) in [6, 6.07) is 9.33. The number of nitrogens with one attached hydrogen (secondary N) is 1. The number of aryl methyl sites for hydroxylation is 1. The van der Waals surface area contributed by atoms with E-state index in [1.165, 1.54) is 38.8 Å². The molecule has 5 heteroatoms. The average Bonchev–Trinajstić information content (AvgIpc) is 3.48.